The molecule has 1 unspecified atom stereocenters. The van der Waals surface area contributed by atoms with E-state index >= 15 is 0 Å². The molecule has 0 N–H and O–H groups in total. The van der Waals surface area contributed by atoms with Crippen molar-refractivity contribution in [2.75, 3.05) is 13.2 Å². The summed E-state index contributed by atoms with van der Waals surface area (Å²) in [5.41, 5.74) is 1.21. The minimum atomic E-state index is 0.317. The van der Waals surface area contributed by atoms with Crippen LogP contribution >= 0.6 is 31.9 Å². The highest BCUT2D eigenvalue weighted by Gasteiger charge is 2.20. The van der Waals surface area contributed by atoms with Gasteiger partial charge in [0, 0.05) is 9.30 Å². The lowest BCUT2D eigenvalue weighted by atomic mass is 10.0. The monoisotopic (exact) mass is 348 g/mol. The van der Waals surface area contributed by atoms with Crippen LogP contribution in [-0.2, 0) is 0 Å². The van der Waals surface area contributed by atoms with Gasteiger partial charge in [0.15, 0.2) is 11.5 Å². The molecule has 16 heavy (non-hydrogen) atoms. The van der Waals surface area contributed by atoms with E-state index in [-0.39, 0.29) is 0 Å². The van der Waals surface area contributed by atoms with Crippen LogP contribution in [0.4, 0.5) is 0 Å². The number of hydrogen-bond donors (Lipinski definition) is 0. The zero-order chi connectivity index (χ0) is 11.7. The fourth-order valence-corrected chi connectivity index (χ4v) is 2.91. The zero-order valence-corrected chi connectivity index (χ0v) is 12.5. The molecule has 0 aromatic heterocycles. The van der Waals surface area contributed by atoms with E-state index in [1.807, 2.05) is 6.07 Å². The molecule has 1 atom stereocenters. The van der Waals surface area contributed by atoms with Crippen molar-refractivity contribution >= 4 is 31.9 Å². The minimum absolute atomic E-state index is 0.317. The van der Waals surface area contributed by atoms with E-state index in [1.165, 1.54) is 5.56 Å². The molecular formula is C12H14Br2O2. The van der Waals surface area contributed by atoms with E-state index in [9.17, 15) is 0 Å². The van der Waals surface area contributed by atoms with E-state index < -0.39 is 0 Å². The molecule has 0 spiro atoms. The number of halogens is 2. The minimum Gasteiger partial charge on any atom is -0.486 e. The third kappa shape index (κ3) is 2.38. The summed E-state index contributed by atoms with van der Waals surface area (Å²) in [5, 5.41) is 0. The molecule has 0 aliphatic carbocycles. The Morgan fingerprint density at radius 2 is 1.69 bits per heavy atom. The number of benzene rings is 1. The predicted molar refractivity (Wildman–Crippen MR) is 71.6 cm³/mol. The first-order chi connectivity index (χ1) is 7.59. The van der Waals surface area contributed by atoms with Gasteiger partial charge in [-0.15, -0.1) is 0 Å². The van der Waals surface area contributed by atoms with Crippen molar-refractivity contribution in [1.29, 1.82) is 0 Å². The van der Waals surface area contributed by atoms with Gasteiger partial charge in [0.2, 0.25) is 0 Å². The Bertz CT molecular complexity index is 391. The van der Waals surface area contributed by atoms with Gasteiger partial charge in [-0.25, -0.2) is 0 Å². The largest absolute Gasteiger partial charge is 0.486 e. The SMILES string of the molecule is CC(C)C(Br)c1cc2c(cc1Br)OCCO2. The van der Waals surface area contributed by atoms with Crippen LogP contribution in [0.5, 0.6) is 11.5 Å². The Morgan fingerprint density at radius 1 is 1.12 bits per heavy atom. The standard InChI is InChI=1S/C12H14Br2O2/c1-7(2)12(14)8-5-10-11(6-9(8)13)16-4-3-15-10/h5-7,12H,3-4H2,1-2H3. The van der Waals surface area contributed by atoms with E-state index in [4.69, 9.17) is 9.47 Å². The van der Waals surface area contributed by atoms with Crippen LogP contribution in [0, 0.1) is 5.92 Å². The van der Waals surface area contributed by atoms with E-state index in [0.29, 0.717) is 24.0 Å². The van der Waals surface area contributed by atoms with Gasteiger partial charge in [-0.3, -0.25) is 0 Å². The van der Waals surface area contributed by atoms with Gasteiger partial charge >= 0.3 is 0 Å². The third-order valence-electron chi connectivity index (χ3n) is 2.54. The summed E-state index contributed by atoms with van der Waals surface area (Å²) >= 11 is 7.28. The number of alkyl halides is 1. The van der Waals surface area contributed by atoms with Crippen molar-refractivity contribution in [2.24, 2.45) is 5.92 Å². The summed E-state index contributed by atoms with van der Waals surface area (Å²) in [6, 6.07) is 4.04. The summed E-state index contributed by atoms with van der Waals surface area (Å²) in [4.78, 5) is 0.317. The first kappa shape index (κ1) is 12.2. The first-order valence-corrected chi connectivity index (χ1v) is 7.03. The van der Waals surface area contributed by atoms with Crippen molar-refractivity contribution in [3.63, 3.8) is 0 Å². The highest BCUT2D eigenvalue weighted by atomic mass is 79.9. The molecule has 1 aromatic carbocycles. The molecule has 4 heteroatoms. The zero-order valence-electron chi connectivity index (χ0n) is 9.30. The predicted octanol–water partition coefficient (Wildman–Crippen LogP) is 4.31. The van der Waals surface area contributed by atoms with Crippen LogP contribution in [-0.4, -0.2) is 13.2 Å². The Balaban J connectivity index is 2.39. The Hall–Kier alpha value is -0.220. The second-order valence-corrected chi connectivity index (χ2v) is 6.00. The van der Waals surface area contributed by atoms with Gasteiger partial charge in [-0.05, 0) is 23.6 Å². The van der Waals surface area contributed by atoms with Gasteiger partial charge in [0.25, 0.3) is 0 Å². The lowest BCUT2D eigenvalue weighted by Crippen LogP contribution is -2.16. The Labute approximate surface area is 113 Å². The van der Waals surface area contributed by atoms with Gasteiger partial charge in [-0.2, -0.15) is 0 Å². The first-order valence-electron chi connectivity index (χ1n) is 5.32. The lowest BCUT2D eigenvalue weighted by Gasteiger charge is -2.22. The molecule has 1 aliphatic heterocycles. The van der Waals surface area contributed by atoms with Gasteiger partial charge in [-0.1, -0.05) is 45.7 Å². The van der Waals surface area contributed by atoms with Crippen LogP contribution in [0.25, 0.3) is 0 Å². The summed E-state index contributed by atoms with van der Waals surface area (Å²) in [6.07, 6.45) is 0. The van der Waals surface area contributed by atoms with Crippen LogP contribution in [0.2, 0.25) is 0 Å². The van der Waals surface area contributed by atoms with Crippen molar-refractivity contribution in [3.8, 4) is 11.5 Å². The molecule has 2 rings (SSSR count). The van der Waals surface area contributed by atoms with E-state index in [1.54, 1.807) is 0 Å². The van der Waals surface area contributed by atoms with Crippen molar-refractivity contribution in [3.05, 3.63) is 22.2 Å². The van der Waals surface area contributed by atoms with E-state index in [0.717, 1.165) is 16.0 Å². The average Bonchev–Trinajstić information content (AvgIpc) is 2.27. The molecule has 0 bridgehead atoms. The molecule has 0 saturated carbocycles. The van der Waals surface area contributed by atoms with Crippen molar-refractivity contribution in [1.82, 2.24) is 0 Å². The molecule has 0 amide bonds. The maximum absolute atomic E-state index is 5.58. The molecule has 88 valence electrons. The topological polar surface area (TPSA) is 18.5 Å². The number of hydrogen-bond acceptors (Lipinski definition) is 2. The molecule has 1 aromatic rings. The average molecular weight is 350 g/mol. The third-order valence-corrected chi connectivity index (χ3v) is 4.78. The second-order valence-electron chi connectivity index (χ2n) is 4.16. The van der Waals surface area contributed by atoms with Gasteiger partial charge in [0.1, 0.15) is 13.2 Å². The molecule has 1 aliphatic rings. The molecular weight excluding hydrogens is 336 g/mol. The molecule has 0 fully saturated rings. The molecule has 0 saturated heterocycles. The van der Waals surface area contributed by atoms with Crippen LogP contribution in [0.1, 0.15) is 24.2 Å². The fourth-order valence-electron chi connectivity index (χ4n) is 1.65. The number of rotatable bonds is 2. The summed E-state index contributed by atoms with van der Waals surface area (Å²) < 4.78 is 12.2. The van der Waals surface area contributed by atoms with Gasteiger partial charge < -0.3 is 9.47 Å². The molecule has 1 heterocycles. The molecule has 0 radical (unpaired) electrons. The highest BCUT2D eigenvalue weighted by molar-refractivity contribution is 9.11. The quantitative estimate of drug-likeness (QED) is 0.740. The van der Waals surface area contributed by atoms with Gasteiger partial charge in [0.05, 0.1) is 0 Å². The van der Waals surface area contributed by atoms with E-state index in [2.05, 4.69) is 51.8 Å². The van der Waals surface area contributed by atoms with Crippen molar-refractivity contribution < 1.29 is 9.47 Å². The Kier molecular flexibility index (Phi) is 3.80. The summed E-state index contributed by atoms with van der Waals surface area (Å²) in [6.45, 7) is 5.62. The van der Waals surface area contributed by atoms with Crippen molar-refractivity contribution in [2.45, 2.75) is 18.7 Å². The normalized spacial score (nSPS) is 16.3. The van der Waals surface area contributed by atoms with Crippen LogP contribution in [0.15, 0.2) is 16.6 Å². The Morgan fingerprint density at radius 3 is 2.25 bits per heavy atom. The lowest BCUT2D eigenvalue weighted by molar-refractivity contribution is 0.171. The summed E-state index contributed by atoms with van der Waals surface area (Å²) in [7, 11) is 0. The fraction of sp³-hybridized carbons (Fsp3) is 0.500. The highest BCUT2D eigenvalue weighted by Crippen LogP contribution is 2.42. The van der Waals surface area contributed by atoms with Crippen LogP contribution in [0.3, 0.4) is 0 Å². The number of fused-ring (bicyclic) bond motifs is 1. The summed E-state index contributed by atoms with van der Waals surface area (Å²) in [5.74, 6) is 2.19. The maximum Gasteiger partial charge on any atom is 0.162 e. The van der Waals surface area contributed by atoms with Crippen LogP contribution < -0.4 is 9.47 Å². The number of ether oxygens (including phenoxy) is 2. The maximum atomic E-state index is 5.58. The smallest absolute Gasteiger partial charge is 0.162 e. The second kappa shape index (κ2) is 4.96. The molecule has 2 nitrogen and oxygen atoms in total.